The van der Waals surface area contributed by atoms with Gasteiger partial charge in [0, 0.05) is 30.9 Å². The lowest BCUT2D eigenvalue weighted by Crippen LogP contribution is -2.30. The van der Waals surface area contributed by atoms with Gasteiger partial charge in [-0.2, -0.15) is 0 Å². The molecular weight excluding hydrogens is 218 g/mol. The predicted octanol–water partition coefficient (Wildman–Crippen LogP) is 2.04. The second-order valence-electron chi connectivity index (χ2n) is 4.08. The van der Waals surface area contributed by atoms with Gasteiger partial charge in [-0.15, -0.1) is 17.9 Å². The molecule has 0 bridgehead atoms. The van der Waals surface area contributed by atoms with Crippen molar-refractivity contribution in [2.45, 2.75) is 32.9 Å². The first-order valence-electron chi connectivity index (χ1n) is 5.65. The van der Waals surface area contributed by atoms with Crippen molar-refractivity contribution in [3.05, 3.63) is 28.7 Å². The third-order valence-electron chi connectivity index (χ3n) is 2.42. The van der Waals surface area contributed by atoms with Gasteiger partial charge in [0.05, 0.1) is 10.7 Å². The van der Waals surface area contributed by atoms with Crippen molar-refractivity contribution < 1.29 is 0 Å². The fraction of sp³-hybridized carbons (Fsp3) is 0.583. The lowest BCUT2D eigenvalue weighted by molar-refractivity contribution is 0.235. The van der Waals surface area contributed by atoms with Gasteiger partial charge in [0.15, 0.2) is 0 Å². The molecular formula is C12H21N3S. The fourth-order valence-corrected chi connectivity index (χ4v) is 2.30. The highest BCUT2D eigenvalue weighted by molar-refractivity contribution is 7.09. The average molecular weight is 239 g/mol. The Balaban J connectivity index is 2.58. The number of hydrogen-bond donors (Lipinski definition) is 1. The van der Waals surface area contributed by atoms with Crippen LogP contribution in [0.2, 0.25) is 0 Å². The number of nitrogens with zero attached hydrogens (tertiary/aromatic N) is 2. The topological polar surface area (TPSA) is 42.1 Å². The summed E-state index contributed by atoms with van der Waals surface area (Å²) >= 11 is 1.70. The molecule has 90 valence electrons. The molecule has 0 unspecified atom stereocenters. The van der Waals surface area contributed by atoms with E-state index in [2.05, 4.69) is 35.7 Å². The second-order valence-corrected chi connectivity index (χ2v) is 5.03. The van der Waals surface area contributed by atoms with Gasteiger partial charge in [0.1, 0.15) is 0 Å². The lowest BCUT2D eigenvalue weighted by atomic mass is 10.3. The van der Waals surface area contributed by atoms with Crippen molar-refractivity contribution in [3.63, 3.8) is 0 Å². The first-order valence-corrected chi connectivity index (χ1v) is 6.53. The van der Waals surface area contributed by atoms with Crippen LogP contribution in [0.3, 0.4) is 0 Å². The van der Waals surface area contributed by atoms with Gasteiger partial charge < -0.3 is 5.73 Å². The van der Waals surface area contributed by atoms with Crippen molar-refractivity contribution in [2.24, 2.45) is 5.73 Å². The van der Waals surface area contributed by atoms with Crippen LogP contribution in [0.15, 0.2) is 18.0 Å². The minimum absolute atomic E-state index is 0.512. The molecule has 0 saturated heterocycles. The molecule has 1 rings (SSSR count). The SMILES string of the molecule is C=CCN(Cc1csc(CCN)n1)C(C)C. The van der Waals surface area contributed by atoms with Gasteiger partial charge in [0.2, 0.25) is 0 Å². The number of rotatable bonds is 7. The van der Waals surface area contributed by atoms with Gasteiger partial charge in [-0.25, -0.2) is 4.98 Å². The Labute approximate surface area is 102 Å². The molecule has 3 nitrogen and oxygen atoms in total. The van der Waals surface area contributed by atoms with Crippen molar-refractivity contribution in [2.75, 3.05) is 13.1 Å². The Bertz CT molecular complexity index is 320. The Morgan fingerprint density at radius 3 is 2.94 bits per heavy atom. The minimum atomic E-state index is 0.512. The zero-order valence-corrected chi connectivity index (χ0v) is 11.0. The quantitative estimate of drug-likeness (QED) is 0.740. The molecule has 0 aromatic carbocycles. The highest BCUT2D eigenvalue weighted by Crippen LogP contribution is 2.13. The van der Waals surface area contributed by atoms with Crippen LogP contribution >= 0.6 is 11.3 Å². The van der Waals surface area contributed by atoms with Gasteiger partial charge in [0.25, 0.3) is 0 Å². The van der Waals surface area contributed by atoms with Gasteiger partial charge in [-0.1, -0.05) is 6.08 Å². The first kappa shape index (κ1) is 13.4. The minimum Gasteiger partial charge on any atom is -0.330 e. The van der Waals surface area contributed by atoms with E-state index in [1.54, 1.807) is 11.3 Å². The number of thiazole rings is 1. The molecule has 0 fully saturated rings. The first-order chi connectivity index (χ1) is 7.67. The molecule has 16 heavy (non-hydrogen) atoms. The number of nitrogens with two attached hydrogens (primary N) is 1. The Hall–Kier alpha value is -0.710. The third kappa shape index (κ3) is 4.04. The molecule has 0 aliphatic heterocycles. The lowest BCUT2D eigenvalue weighted by Gasteiger charge is -2.23. The molecule has 4 heteroatoms. The Morgan fingerprint density at radius 2 is 2.38 bits per heavy atom. The van der Waals surface area contributed by atoms with E-state index in [9.17, 15) is 0 Å². The highest BCUT2D eigenvalue weighted by Gasteiger charge is 2.10. The summed E-state index contributed by atoms with van der Waals surface area (Å²) in [5.74, 6) is 0. The molecule has 0 amide bonds. The molecule has 1 heterocycles. The Morgan fingerprint density at radius 1 is 1.62 bits per heavy atom. The zero-order chi connectivity index (χ0) is 12.0. The van der Waals surface area contributed by atoms with Crippen LogP contribution in [-0.4, -0.2) is 29.0 Å². The number of hydrogen-bond acceptors (Lipinski definition) is 4. The third-order valence-corrected chi connectivity index (χ3v) is 3.37. The summed E-state index contributed by atoms with van der Waals surface area (Å²) in [6.45, 7) is 10.6. The van der Waals surface area contributed by atoms with Crippen LogP contribution in [0.25, 0.3) is 0 Å². The maximum atomic E-state index is 5.51. The summed E-state index contributed by atoms with van der Waals surface area (Å²) in [5, 5.41) is 3.27. The molecule has 1 aromatic heterocycles. The van der Waals surface area contributed by atoms with E-state index >= 15 is 0 Å². The molecule has 1 aromatic rings. The van der Waals surface area contributed by atoms with Gasteiger partial charge in [-0.3, -0.25) is 4.90 Å². The molecule has 2 N–H and O–H groups in total. The standard InChI is InChI=1S/C12H21N3S/c1-4-7-15(10(2)3)8-11-9-16-12(14-11)5-6-13/h4,9-10H,1,5-8,13H2,2-3H3. The van der Waals surface area contributed by atoms with Crippen molar-refractivity contribution in [1.29, 1.82) is 0 Å². The summed E-state index contributed by atoms with van der Waals surface area (Å²) in [4.78, 5) is 6.91. The maximum Gasteiger partial charge on any atom is 0.0941 e. The van der Waals surface area contributed by atoms with Crippen LogP contribution in [0, 0.1) is 0 Å². The smallest absolute Gasteiger partial charge is 0.0941 e. The van der Waals surface area contributed by atoms with Gasteiger partial charge >= 0.3 is 0 Å². The van der Waals surface area contributed by atoms with Crippen LogP contribution in [0.5, 0.6) is 0 Å². The Kier molecular flexibility index (Phi) is 5.66. The van der Waals surface area contributed by atoms with E-state index in [4.69, 9.17) is 5.73 Å². The maximum absolute atomic E-state index is 5.51. The van der Waals surface area contributed by atoms with E-state index in [0.717, 1.165) is 30.2 Å². The number of aromatic nitrogens is 1. The van der Waals surface area contributed by atoms with E-state index in [1.165, 1.54) is 0 Å². The van der Waals surface area contributed by atoms with E-state index < -0.39 is 0 Å². The molecule has 0 radical (unpaired) electrons. The summed E-state index contributed by atoms with van der Waals surface area (Å²) < 4.78 is 0. The molecule has 0 aliphatic carbocycles. The molecule has 0 spiro atoms. The second kappa shape index (κ2) is 6.78. The summed E-state index contributed by atoms with van der Waals surface area (Å²) in [7, 11) is 0. The summed E-state index contributed by atoms with van der Waals surface area (Å²) in [6, 6.07) is 0.512. The zero-order valence-electron chi connectivity index (χ0n) is 10.1. The summed E-state index contributed by atoms with van der Waals surface area (Å²) in [5.41, 5.74) is 6.65. The van der Waals surface area contributed by atoms with Crippen molar-refractivity contribution in [1.82, 2.24) is 9.88 Å². The van der Waals surface area contributed by atoms with Crippen LogP contribution in [-0.2, 0) is 13.0 Å². The normalized spacial score (nSPS) is 11.3. The van der Waals surface area contributed by atoms with Gasteiger partial charge in [-0.05, 0) is 20.4 Å². The predicted molar refractivity (Wildman–Crippen MR) is 70.6 cm³/mol. The van der Waals surface area contributed by atoms with E-state index in [0.29, 0.717) is 12.6 Å². The van der Waals surface area contributed by atoms with Crippen LogP contribution in [0.4, 0.5) is 0 Å². The van der Waals surface area contributed by atoms with Crippen LogP contribution < -0.4 is 5.73 Å². The van der Waals surface area contributed by atoms with Crippen molar-refractivity contribution >= 4 is 11.3 Å². The molecule has 0 saturated carbocycles. The highest BCUT2D eigenvalue weighted by atomic mass is 32.1. The fourth-order valence-electron chi connectivity index (χ4n) is 1.49. The average Bonchev–Trinajstić information content (AvgIpc) is 2.65. The molecule has 0 aliphatic rings. The molecule has 0 atom stereocenters. The van der Waals surface area contributed by atoms with Crippen molar-refractivity contribution in [3.8, 4) is 0 Å². The van der Waals surface area contributed by atoms with E-state index in [1.807, 2.05) is 6.08 Å². The van der Waals surface area contributed by atoms with Crippen LogP contribution in [0.1, 0.15) is 24.5 Å². The monoisotopic (exact) mass is 239 g/mol. The summed E-state index contributed by atoms with van der Waals surface area (Å²) in [6.07, 6.45) is 2.82. The van der Waals surface area contributed by atoms with E-state index in [-0.39, 0.29) is 0 Å². The largest absolute Gasteiger partial charge is 0.330 e.